The average Bonchev–Trinajstić information content (AvgIpc) is 3.02. The SMILES string of the molecule is Nc1cccc2[nH]c(-c3csc4ccccc34)nc12. The van der Waals surface area contributed by atoms with Crippen LogP contribution in [0.3, 0.4) is 0 Å². The first-order chi connectivity index (χ1) is 9.33. The Kier molecular flexibility index (Phi) is 2.13. The molecule has 0 aliphatic heterocycles. The summed E-state index contributed by atoms with van der Waals surface area (Å²) in [5.41, 5.74) is 9.62. The number of aromatic amines is 1. The number of rotatable bonds is 1. The molecule has 0 saturated carbocycles. The minimum Gasteiger partial charge on any atom is -0.397 e. The fourth-order valence-electron chi connectivity index (χ4n) is 2.34. The van der Waals surface area contributed by atoms with Gasteiger partial charge in [-0.2, -0.15) is 0 Å². The number of imidazole rings is 1. The van der Waals surface area contributed by atoms with Gasteiger partial charge >= 0.3 is 0 Å². The van der Waals surface area contributed by atoms with Crippen molar-refractivity contribution < 1.29 is 0 Å². The summed E-state index contributed by atoms with van der Waals surface area (Å²) in [6.45, 7) is 0. The van der Waals surface area contributed by atoms with E-state index in [0.717, 1.165) is 22.4 Å². The summed E-state index contributed by atoms with van der Waals surface area (Å²) >= 11 is 1.73. The third-order valence-corrected chi connectivity index (χ3v) is 4.24. The molecule has 92 valence electrons. The minimum absolute atomic E-state index is 0.708. The molecule has 4 heteroatoms. The van der Waals surface area contributed by atoms with Crippen LogP contribution < -0.4 is 5.73 Å². The van der Waals surface area contributed by atoms with Gasteiger partial charge in [0, 0.05) is 21.0 Å². The fraction of sp³-hybridized carbons (Fsp3) is 0. The number of nitrogens with two attached hydrogens (primary N) is 1. The zero-order valence-electron chi connectivity index (χ0n) is 10.1. The van der Waals surface area contributed by atoms with Gasteiger partial charge in [-0.3, -0.25) is 0 Å². The highest BCUT2D eigenvalue weighted by atomic mass is 32.1. The lowest BCUT2D eigenvalue weighted by molar-refractivity contribution is 1.35. The number of thiophene rings is 1. The molecular formula is C15H11N3S. The molecular weight excluding hydrogens is 254 g/mol. The molecule has 2 heterocycles. The molecule has 19 heavy (non-hydrogen) atoms. The number of aromatic nitrogens is 2. The van der Waals surface area contributed by atoms with Crippen LogP contribution in [0.4, 0.5) is 5.69 Å². The molecule has 0 saturated heterocycles. The van der Waals surface area contributed by atoms with Crippen LogP contribution in [0.15, 0.2) is 47.8 Å². The Bertz CT molecular complexity index is 889. The molecule has 0 unspecified atom stereocenters. The highest BCUT2D eigenvalue weighted by Gasteiger charge is 2.11. The molecule has 2 aromatic heterocycles. The van der Waals surface area contributed by atoms with Gasteiger partial charge in [0.05, 0.1) is 11.2 Å². The van der Waals surface area contributed by atoms with Gasteiger partial charge in [-0.1, -0.05) is 24.3 Å². The predicted octanol–water partition coefficient (Wildman–Crippen LogP) is 4.03. The van der Waals surface area contributed by atoms with Crippen LogP contribution in [0.5, 0.6) is 0 Å². The minimum atomic E-state index is 0.708. The van der Waals surface area contributed by atoms with Crippen LogP contribution in [-0.4, -0.2) is 9.97 Å². The number of hydrogen-bond acceptors (Lipinski definition) is 3. The van der Waals surface area contributed by atoms with E-state index in [4.69, 9.17) is 5.73 Å². The van der Waals surface area contributed by atoms with E-state index >= 15 is 0 Å². The summed E-state index contributed by atoms with van der Waals surface area (Å²) in [5, 5.41) is 3.36. The number of H-pyrrole nitrogens is 1. The lowest BCUT2D eigenvalue weighted by Crippen LogP contribution is -1.84. The summed E-state index contributed by atoms with van der Waals surface area (Å²) in [5.74, 6) is 0.880. The Morgan fingerprint density at radius 3 is 2.84 bits per heavy atom. The first-order valence-electron chi connectivity index (χ1n) is 6.04. The molecule has 0 radical (unpaired) electrons. The van der Waals surface area contributed by atoms with Crippen molar-refractivity contribution in [2.24, 2.45) is 0 Å². The third-order valence-electron chi connectivity index (χ3n) is 3.28. The third kappa shape index (κ3) is 1.54. The van der Waals surface area contributed by atoms with E-state index in [2.05, 4.69) is 39.6 Å². The van der Waals surface area contributed by atoms with Gasteiger partial charge < -0.3 is 10.7 Å². The first kappa shape index (κ1) is 10.6. The summed E-state index contributed by atoms with van der Waals surface area (Å²) in [4.78, 5) is 7.98. The van der Waals surface area contributed by atoms with Crippen molar-refractivity contribution in [2.45, 2.75) is 0 Å². The molecule has 0 bridgehead atoms. The highest BCUT2D eigenvalue weighted by Crippen LogP contribution is 2.33. The highest BCUT2D eigenvalue weighted by molar-refractivity contribution is 7.17. The van der Waals surface area contributed by atoms with Crippen molar-refractivity contribution in [2.75, 3.05) is 5.73 Å². The Hall–Kier alpha value is -2.33. The van der Waals surface area contributed by atoms with Crippen molar-refractivity contribution in [3.63, 3.8) is 0 Å². The molecule has 3 nitrogen and oxygen atoms in total. The van der Waals surface area contributed by atoms with Crippen molar-refractivity contribution >= 4 is 38.1 Å². The Morgan fingerprint density at radius 1 is 1.05 bits per heavy atom. The molecule has 0 atom stereocenters. The van der Waals surface area contributed by atoms with Gasteiger partial charge in [-0.15, -0.1) is 11.3 Å². The van der Waals surface area contributed by atoms with Crippen molar-refractivity contribution in [1.82, 2.24) is 9.97 Å². The summed E-state index contributed by atoms with van der Waals surface area (Å²) in [6, 6.07) is 14.2. The zero-order valence-corrected chi connectivity index (χ0v) is 10.9. The lowest BCUT2D eigenvalue weighted by Gasteiger charge is -1.93. The number of benzene rings is 2. The van der Waals surface area contributed by atoms with E-state index in [1.165, 1.54) is 10.1 Å². The topological polar surface area (TPSA) is 54.7 Å². The van der Waals surface area contributed by atoms with E-state index in [1.54, 1.807) is 11.3 Å². The quantitative estimate of drug-likeness (QED) is 0.510. The van der Waals surface area contributed by atoms with E-state index in [0.29, 0.717) is 5.69 Å². The summed E-state index contributed by atoms with van der Waals surface area (Å²) in [6.07, 6.45) is 0. The first-order valence-corrected chi connectivity index (χ1v) is 6.92. The van der Waals surface area contributed by atoms with Gasteiger partial charge in [0.1, 0.15) is 11.3 Å². The number of para-hydroxylation sites is 1. The lowest BCUT2D eigenvalue weighted by atomic mass is 10.2. The Balaban J connectivity index is 2.02. The van der Waals surface area contributed by atoms with Crippen LogP contribution in [0.25, 0.3) is 32.5 Å². The van der Waals surface area contributed by atoms with Crippen LogP contribution in [0.2, 0.25) is 0 Å². The number of fused-ring (bicyclic) bond motifs is 2. The molecule has 2 aromatic carbocycles. The predicted molar refractivity (Wildman–Crippen MR) is 81.3 cm³/mol. The number of nitrogens with zero attached hydrogens (tertiary/aromatic N) is 1. The largest absolute Gasteiger partial charge is 0.397 e. The zero-order chi connectivity index (χ0) is 12.8. The van der Waals surface area contributed by atoms with Crippen molar-refractivity contribution in [1.29, 1.82) is 0 Å². The standard InChI is InChI=1S/C15H11N3S/c16-11-5-3-6-12-14(11)18-15(17-12)10-8-19-13-7-2-1-4-9(10)13/h1-8H,16H2,(H,17,18). The molecule has 0 aliphatic carbocycles. The van der Waals surface area contributed by atoms with Crippen LogP contribution >= 0.6 is 11.3 Å². The van der Waals surface area contributed by atoms with Gasteiger partial charge in [0.2, 0.25) is 0 Å². The van der Waals surface area contributed by atoms with Crippen molar-refractivity contribution in [3.8, 4) is 11.4 Å². The Morgan fingerprint density at radius 2 is 1.95 bits per heavy atom. The van der Waals surface area contributed by atoms with Crippen LogP contribution in [0, 0.1) is 0 Å². The molecule has 3 N–H and O–H groups in total. The average molecular weight is 265 g/mol. The van der Waals surface area contributed by atoms with Gasteiger partial charge in [-0.25, -0.2) is 4.98 Å². The number of anilines is 1. The maximum Gasteiger partial charge on any atom is 0.140 e. The maximum absolute atomic E-state index is 5.96. The second kappa shape index (κ2) is 3.83. The normalized spacial score (nSPS) is 11.4. The summed E-state index contributed by atoms with van der Waals surface area (Å²) < 4.78 is 1.27. The molecule has 0 amide bonds. The van der Waals surface area contributed by atoms with E-state index in [9.17, 15) is 0 Å². The van der Waals surface area contributed by atoms with E-state index in [-0.39, 0.29) is 0 Å². The fourth-order valence-corrected chi connectivity index (χ4v) is 3.29. The van der Waals surface area contributed by atoms with Crippen LogP contribution in [0.1, 0.15) is 0 Å². The second-order valence-corrected chi connectivity index (χ2v) is 5.39. The molecule has 0 fully saturated rings. The smallest absolute Gasteiger partial charge is 0.140 e. The van der Waals surface area contributed by atoms with Gasteiger partial charge in [0.25, 0.3) is 0 Å². The van der Waals surface area contributed by atoms with Crippen molar-refractivity contribution in [3.05, 3.63) is 47.8 Å². The van der Waals surface area contributed by atoms with Gasteiger partial charge in [0.15, 0.2) is 0 Å². The van der Waals surface area contributed by atoms with E-state index < -0.39 is 0 Å². The summed E-state index contributed by atoms with van der Waals surface area (Å²) in [7, 11) is 0. The molecule has 0 aliphatic rings. The molecule has 4 rings (SSSR count). The molecule has 4 aromatic rings. The second-order valence-electron chi connectivity index (χ2n) is 4.47. The van der Waals surface area contributed by atoms with Gasteiger partial charge in [-0.05, 0) is 18.2 Å². The monoisotopic (exact) mass is 265 g/mol. The Labute approximate surface area is 113 Å². The molecule has 0 spiro atoms. The number of nitrogen functional groups attached to an aromatic ring is 1. The number of nitrogens with one attached hydrogen (secondary N) is 1. The van der Waals surface area contributed by atoms with E-state index in [1.807, 2.05) is 18.2 Å². The number of hydrogen-bond donors (Lipinski definition) is 2. The van der Waals surface area contributed by atoms with Crippen LogP contribution in [-0.2, 0) is 0 Å². The maximum atomic E-state index is 5.96.